The van der Waals surface area contributed by atoms with Crippen molar-refractivity contribution in [2.24, 2.45) is 0 Å². The van der Waals surface area contributed by atoms with Crippen molar-refractivity contribution in [1.82, 2.24) is 10.2 Å². The lowest BCUT2D eigenvalue weighted by atomic mass is 10.1. The number of hydrogen-bond donors (Lipinski definition) is 1. The number of likely N-dealkylation sites (tertiary alicyclic amines) is 1. The predicted octanol–water partition coefficient (Wildman–Crippen LogP) is 2.57. The van der Waals surface area contributed by atoms with Crippen molar-refractivity contribution < 1.29 is 9.53 Å². The summed E-state index contributed by atoms with van der Waals surface area (Å²) in [5.41, 5.74) is 0. The van der Waals surface area contributed by atoms with Crippen molar-refractivity contribution in [3.63, 3.8) is 0 Å². The average molecular weight is 310 g/mol. The zero-order valence-corrected chi connectivity index (χ0v) is 13.2. The van der Waals surface area contributed by atoms with Gasteiger partial charge in [0.2, 0.25) is 0 Å². The predicted molar refractivity (Wildman–Crippen MR) is 90.6 cm³/mol. The smallest absolute Gasteiger partial charge is 0.260 e. The second-order valence-electron chi connectivity index (χ2n) is 6.53. The molecular weight excluding hydrogens is 288 g/mol. The van der Waals surface area contributed by atoms with E-state index in [1.54, 1.807) is 0 Å². The van der Waals surface area contributed by atoms with Gasteiger partial charge in [-0.1, -0.05) is 36.4 Å². The molecule has 2 aliphatic heterocycles. The number of ether oxygens (including phenoxy) is 1. The fraction of sp³-hybridized carbons (Fsp3) is 0.421. The molecule has 0 aromatic heterocycles. The summed E-state index contributed by atoms with van der Waals surface area (Å²) in [7, 11) is 0. The second kappa shape index (κ2) is 6.20. The Labute approximate surface area is 136 Å². The van der Waals surface area contributed by atoms with Gasteiger partial charge in [-0.2, -0.15) is 0 Å². The van der Waals surface area contributed by atoms with Gasteiger partial charge in [0.25, 0.3) is 5.91 Å². The van der Waals surface area contributed by atoms with E-state index in [-0.39, 0.29) is 12.5 Å². The summed E-state index contributed by atoms with van der Waals surface area (Å²) < 4.78 is 5.84. The molecule has 4 rings (SSSR count). The molecule has 2 aromatic carbocycles. The molecule has 0 saturated carbocycles. The maximum absolute atomic E-state index is 12.5. The molecule has 4 nitrogen and oxygen atoms in total. The van der Waals surface area contributed by atoms with Crippen LogP contribution in [-0.2, 0) is 4.79 Å². The monoisotopic (exact) mass is 310 g/mol. The standard InChI is InChI=1S/C19H22N2O2/c22-19(21-11-10-15-8-9-16(12-21)20-15)13-23-18-7-3-5-14-4-1-2-6-17(14)18/h1-7,15-16,20H,8-13H2. The van der Waals surface area contributed by atoms with Crippen LogP contribution in [0.3, 0.4) is 0 Å². The summed E-state index contributed by atoms with van der Waals surface area (Å²) in [6, 6.07) is 15.1. The van der Waals surface area contributed by atoms with E-state index in [1.165, 1.54) is 12.8 Å². The Morgan fingerprint density at radius 2 is 1.91 bits per heavy atom. The molecule has 0 spiro atoms. The van der Waals surface area contributed by atoms with Crippen LogP contribution in [0.5, 0.6) is 5.75 Å². The molecule has 2 heterocycles. The lowest BCUT2D eigenvalue weighted by Crippen LogP contribution is -2.41. The van der Waals surface area contributed by atoms with Crippen LogP contribution in [0.1, 0.15) is 19.3 Å². The minimum Gasteiger partial charge on any atom is -0.483 e. The minimum atomic E-state index is 0.0901. The van der Waals surface area contributed by atoms with Gasteiger partial charge in [-0.15, -0.1) is 0 Å². The summed E-state index contributed by atoms with van der Waals surface area (Å²) in [6.45, 7) is 1.77. The zero-order valence-electron chi connectivity index (χ0n) is 13.2. The highest BCUT2D eigenvalue weighted by atomic mass is 16.5. The number of hydrogen-bond acceptors (Lipinski definition) is 3. The maximum atomic E-state index is 12.5. The first kappa shape index (κ1) is 14.5. The van der Waals surface area contributed by atoms with Gasteiger partial charge in [-0.05, 0) is 30.7 Å². The zero-order chi connectivity index (χ0) is 15.6. The Hall–Kier alpha value is -2.07. The Morgan fingerprint density at radius 3 is 2.87 bits per heavy atom. The summed E-state index contributed by atoms with van der Waals surface area (Å²) >= 11 is 0. The molecule has 23 heavy (non-hydrogen) atoms. The Kier molecular flexibility index (Phi) is 3.92. The molecule has 0 aliphatic carbocycles. The van der Waals surface area contributed by atoms with Gasteiger partial charge < -0.3 is 15.0 Å². The fourth-order valence-corrected chi connectivity index (χ4v) is 3.72. The van der Waals surface area contributed by atoms with E-state index >= 15 is 0 Å². The van der Waals surface area contributed by atoms with Crippen molar-refractivity contribution in [2.75, 3.05) is 19.7 Å². The van der Waals surface area contributed by atoms with Gasteiger partial charge in [-0.3, -0.25) is 4.79 Å². The van der Waals surface area contributed by atoms with Crippen LogP contribution in [0.15, 0.2) is 42.5 Å². The molecule has 120 valence electrons. The van der Waals surface area contributed by atoms with E-state index in [2.05, 4.69) is 17.4 Å². The van der Waals surface area contributed by atoms with E-state index in [9.17, 15) is 4.79 Å². The number of carbonyl (C=O) groups excluding carboxylic acids is 1. The molecule has 1 N–H and O–H groups in total. The first-order valence-electron chi connectivity index (χ1n) is 8.44. The lowest BCUT2D eigenvalue weighted by molar-refractivity contribution is -0.133. The number of amides is 1. The SMILES string of the molecule is O=C(COc1cccc2ccccc12)N1CCC2CCC(C1)N2. The molecule has 0 radical (unpaired) electrons. The maximum Gasteiger partial charge on any atom is 0.260 e. The first-order valence-corrected chi connectivity index (χ1v) is 8.44. The highest BCUT2D eigenvalue weighted by Crippen LogP contribution is 2.25. The largest absolute Gasteiger partial charge is 0.483 e. The number of rotatable bonds is 3. The van der Waals surface area contributed by atoms with Gasteiger partial charge in [0.15, 0.2) is 6.61 Å². The normalized spacial score (nSPS) is 23.7. The minimum absolute atomic E-state index is 0.0901. The molecule has 2 saturated heterocycles. The summed E-state index contributed by atoms with van der Waals surface area (Å²) in [6.07, 6.45) is 3.48. The van der Waals surface area contributed by atoms with Crippen LogP contribution < -0.4 is 10.1 Å². The average Bonchev–Trinajstić information content (AvgIpc) is 2.91. The van der Waals surface area contributed by atoms with E-state index in [1.807, 2.05) is 35.2 Å². The number of carbonyl (C=O) groups is 1. The van der Waals surface area contributed by atoms with Gasteiger partial charge in [0.05, 0.1) is 0 Å². The van der Waals surface area contributed by atoms with Crippen molar-refractivity contribution >= 4 is 16.7 Å². The number of nitrogens with one attached hydrogen (secondary N) is 1. The third kappa shape index (κ3) is 3.04. The van der Waals surface area contributed by atoms with Crippen LogP contribution >= 0.6 is 0 Å². The fourth-order valence-electron chi connectivity index (χ4n) is 3.72. The topological polar surface area (TPSA) is 41.6 Å². The molecule has 2 atom stereocenters. The molecule has 2 fully saturated rings. The third-order valence-electron chi connectivity index (χ3n) is 4.98. The second-order valence-corrected chi connectivity index (χ2v) is 6.53. The van der Waals surface area contributed by atoms with Crippen LogP contribution in [0.25, 0.3) is 10.8 Å². The quantitative estimate of drug-likeness (QED) is 0.947. The van der Waals surface area contributed by atoms with E-state index < -0.39 is 0 Å². The number of nitrogens with zero attached hydrogens (tertiary/aromatic N) is 1. The Bertz CT molecular complexity index is 710. The van der Waals surface area contributed by atoms with Crippen molar-refractivity contribution in [1.29, 1.82) is 0 Å². The molecular formula is C19H22N2O2. The highest BCUT2D eigenvalue weighted by Gasteiger charge is 2.31. The van der Waals surface area contributed by atoms with Crippen molar-refractivity contribution in [3.8, 4) is 5.75 Å². The van der Waals surface area contributed by atoms with Crippen LogP contribution in [0.2, 0.25) is 0 Å². The van der Waals surface area contributed by atoms with E-state index in [4.69, 9.17) is 4.74 Å². The summed E-state index contributed by atoms with van der Waals surface area (Å²) in [5.74, 6) is 0.873. The number of benzene rings is 2. The van der Waals surface area contributed by atoms with Gasteiger partial charge in [0, 0.05) is 30.6 Å². The van der Waals surface area contributed by atoms with Gasteiger partial charge in [0.1, 0.15) is 5.75 Å². The summed E-state index contributed by atoms with van der Waals surface area (Å²) in [4.78, 5) is 14.5. The lowest BCUT2D eigenvalue weighted by Gasteiger charge is -2.24. The molecule has 2 aliphatic rings. The van der Waals surface area contributed by atoms with Crippen molar-refractivity contribution in [2.45, 2.75) is 31.3 Å². The van der Waals surface area contributed by atoms with Gasteiger partial charge in [-0.25, -0.2) is 0 Å². The van der Waals surface area contributed by atoms with E-state index in [0.717, 1.165) is 36.0 Å². The molecule has 1 amide bonds. The first-order chi connectivity index (χ1) is 11.3. The van der Waals surface area contributed by atoms with Gasteiger partial charge >= 0.3 is 0 Å². The Morgan fingerprint density at radius 1 is 1.09 bits per heavy atom. The highest BCUT2D eigenvalue weighted by molar-refractivity contribution is 5.88. The van der Waals surface area contributed by atoms with Crippen LogP contribution in [0.4, 0.5) is 0 Å². The van der Waals surface area contributed by atoms with Crippen LogP contribution in [0, 0.1) is 0 Å². The molecule has 2 bridgehead atoms. The summed E-state index contributed by atoms with van der Waals surface area (Å²) in [5, 5.41) is 5.79. The third-order valence-corrected chi connectivity index (χ3v) is 4.98. The van der Waals surface area contributed by atoms with Crippen LogP contribution in [-0.4, -0.2) is 42.6 Å². The molecule has 2 unspecified atom stereocenters. The Balaban J connectivity index is 1.43. The van der Waals surface area contributed by atoms with E-state index in [0.29, 0.717) is 12.1 Å². The molecule has 4 heteroatoms. The number of fused-ring (bicyclic) bond motifs is 3. The van der Waals surface area contributed by atoms with Crippen molar-refractivity contribution in [3.05, 3.63) is 42.5 Å². The molecule has 2 aromatic rings.